The maximum atomic E-state index is 14.6. The molecule has 1 aliphatic heterocycles. The Morgan fingerprint density at radius 2 is 2.16 bits per heavy atom. The van der Waals surface area contributed by atoms with E-state index in [4.69, 9.17) is 4.42 Å². The Bertz CT molecular complexity index is 1240. The van der Waals surface area contributed by atoms with E-state index in [2.05, 4.69) is 25.5 Å². The number of hydrogen-bond donors (Lipinski definition) is 3. The van der Waals surface area contributed by atoms with E-state index in [-0.39, 0.29) is 11.1 Å². The van der Waals surface area contributed by atoms with Crippen molar-refractivity contribution in [3.63, 3.8) is 0 Å². The summed E-state index contributed by atoms with van der Waals surface area (Å²) in [5.74, 6) is 1.89. The second-order valence-corrected chi connectivity index (χ2v) is 8.46. The number of nitrogens with zero attached hydrogens (tertiary/aromatic N) is 5. The van der Waals surface area contributed by atoms with Crippen LogP contribution in [0.1, 0.15) is 22.4 Å². The summed E-state index contributed by atoms with van der Waals surface area (Å²) in [4.78, 5) is 8.38. The van der Waals surface area contributed by atoms with Crippen LogP contribution >= 0.6 is 11.8 Å². The number of halogens is 1. The molecule has 3 N–H and O–H groups in total. The maximum Gasteiger partial charge on any atom is 0.229 e. The van der Waals surface area contributed by atoms with E-state index in [0.29, 0.717) is 46.5 Å². The zero-order valence-electron chi connectivity index (χ0n) is 16.4. The largest absolute Gasteiger partial charge is 0.441 e. The van der Waals surface area contributed by atoms with Crippen molar-refractivity contribution >= 4 is 23.2 Å². The molecule has 11 heteroatoms. The fourth-order valence-electron chi connectivity index (χ4n) is 3.50. The average Bonchev–Trinajstić information content (AvgIpc) is 3.46. The van der Waals surface area contributed by atoms with Crippen LogP contribution in [0.3, 0.4) is 0 Å². The van der Waals surface area contributed by atoms with Crippen LogP contribution in [-0.4, -0.2) is 52.7 Å². The van der Waals surface area contributed by atoms with E-state index >= 15 is 0 Å². The van der Waals surface area contributed by atoms with Crippen LogP contribution in [0.2, 0.25) is 0 Å². The number of aliphatic hydroxyl groups excluding tert-OH is 2. The summed E-state index contributed by atoms with van der Waals surface area (Å²) in [5, 5.41) is 31.2. The molecule has 0 aliphatic carbocycles. The lowest BCUT2D eigenvalue weighted by atomic mass is 10.1. The zero-order valence-corrected chi connectivity index (χ0v) is 17.3. The zero-order chi connectivity index (χ0) is 21.5. The predicted octanol–water partition coefficient (Wildman–Crippen LogP) is 2.35. The molecule has 0 unspecified atom stereocenters. The minimum Gasteiger partial charge on any atom is -0.441 e. The molecule has 3 aromatic heterocycles. The second-order valence-electron chi connectivity index (χ2n) is 7.28. The minimum absolute atomic E-state index is 0.244. The van der Waals surface area contributed by atoms with Gasteiger partial charge in [-0.25, -0.2) is 14.4 Å². The minimum atomic E-state index is -0.907. The molecule has 0 spiro atoms. The fraction of sp³-hybridized carbons (Fsp3) is 0.300. The molecule has 160 valence electrons. The summed E-state index contributed by atoms with van der Waals surface area (Å²) in [6, 6.07) is 4.84. The number of thioether (sulfide) groups is 1. The molecule has 31 heavy (non-hydrogen) atoms. The summed E-state index contributed by atoms with van der Waals surface area (Å²) in [6.07, 6.45) is 3.16. The van der Waals surface area contributed by atoms with Gasteiger partial charge in [-0.2, -0.15) is 0 Å². The quantitative estimate of drug-likeness (QED) is 0.427. The monoisotopic (exact) mass is 442 g/mol. The van der Waals surface area contributed by atoms with Gasteiger partial charge in [-0.1, -0.05) is 6.07 Å². The number of anilines is 1. The van der Waals surface area contributed by atoms with E-state index in [0.717, 1.165) is 0 Å². The molecule has 5 rings (SSSR count). The number of aryl methyl sites for hydroxylation is 1. The molecular weight excluding hydrogens is 423 g/mol. The van der Waals surface area contributed by atoms with Crippen LogP contribution in [-0.2, 0) is 6.54 Å². The number of aromatic nitrogens is 5. The Morgan fingerprint density at radius 3 is 2.87 bits per heavy atom. The third-order valence-electron chi connectivity index (χ3n) is 5.10. The molecule has 1 fully saturated rings. The van der Waals surface area contributed by atoms with Crippen LogP contribution in [0.15, 0.2) is 41.2 Å². The standard InChI is InChI=1S/C20H19FN6O3S/c1-10-7-24-20(30-10)12-3-2-11(6-13(12)21)8-23-17-19-26-25-18(27(19)5-4-22-17)16-15(29)14(28)9-31-16/h2-7,14-16,28-29H,8-9H2,1H3,(H,22,23)/t14-,15-,16-/m1/s1. The average molecular weight is 442 g/mol. The Balaban J connectivity index is 1.36. The van der Waals surface area contributed by atoms with E-state index in [1.165, 1.54) is 17.8 Å². The number of benzene rings is 1. The molecule has 0 bridgehead atoms. The van der Waals surface area contributed by atoms with Gasteiger partial charge in [0.05, 0.1) is 29.2 Å². The summed E-state index contributed by atoms with van der Waals surface area (Å²) in [5.41, 5.74) is 1.49. The maximum absolute atomic E-state index is 14.6. The molecule has 0 saturated carbocycles. The highest BCUT2D eigenvalue weighted by molar-refractivity contribution is 7.99. The first kappa shape index (κ1) is 19.9. The highest BCUT2D eigenvalue weighted by Gasteiger charge is 2.38. The van der Waals surface area contributed by atoms with Gasteiger partial charge in [0.15, 0.2) is 11.6 Å². The van der Waals surface area contributed by atoms with Crippen LogP contribution in [0, 0.1) is 12.7 Å². The fourth-order valence-corrected chi connectivity index (χ4v) is 4.79. The summed E-state index contributed by atoms with van der Waals surface area (Å²) in [7, 11) is 0. The van der Waals surface area contributed by atoms with Crippen molar-refractivity contribution in [2.75, 3.05) is 11.1 Å². The third-order valence-corrected chi connectivity index (χ3v) is 6.49. The van der Waals surface area contributed by atoms with Gasteiger partial charge in [-0.3, -0.25) is 4.40 Å². The van der Waals surface area contributed by atoms with E-state index in [1.807, 2.05) is 0 Å². The van der Waals surface area contributed by atoms with Gasteiger partial charge in [0, 0.05) is 24.7 Å². The molecule has 3 atom stereocenters. The van der Waals surface area contributed by atoms with Gasteiger partial charge >= 0.3 is 0 Å². The van der Waals surface area contributed by atoms with Gasteiger partial charge in [-0.05, 0) is 24.6 Å². The topological polar surface area (TPSA) is 122 Å². The van der Waals surface area contributed by atoms with Gasteiger partial charge in [0.1, 0.15) is 11.6 Å². The number of fused-ring (bicyclic) bond motifs is 1. The van der Waals surface area contributed by atoms with Gasteiger partial charge in [-0.15, -0.1) is 22.0 Å². The molecular formula is C20H19FN6O3S. The van der Waals surface area contributed by atoms with Crippen molar-refractivity contribution in [1.29, 1.82) is 0 Å². The number of oxazole rings is 1. The summed E-state index contributed by atoms with van der Waals surface area (Å²) >= 11 is 1.43. The van der Waals surface area contributed by atoms with Crippen molar-refractivity contribution in [2.24, 2.45) is 0 Å². The van der Waals surface area contributed by atoms with E-state index in [1.54, 1.807) is 42.0 Å². The number of hydrogen-bond acceptors (Lipinski definition) is 9. The molecule has 1 aromatic carbocycles. The molecule has 0 radical (unpaired) electrons. The molecule has 0 amide bonds. The number of rotatable bonds is 5. The molecule has 1 saturated heterocycles. The van der Waals surface area contributed by atoms with Crippen LogP contribution in [0.4, 0.5) is 10.2 Å². The van der Waals surface area contributed by atoms with Gasteiger partial charge in [0.25, 0.3) is 0 Å². The van der Waals surface area contributed by atoms with E-state index < -0.39 is 18.0 Å². The number of aliphatic hydroxyl groups is 2. The van der Waals surface area contributed by atoms with Crippen molar-refractivity contribution in [1.82, 2.24) is 24.6 Å². The van der Waals surface area contributed by atoms with Crippen molar-refractivity contribution < 1.29 is 19.0 Å². The highest BCUT2D eigenvalue weighted by Crippen LogP contribution is 2.39. The van der Waals surface area contributed by atoms with Crippen LogP contribution in [0.5, 0.6) is 0 Å². The lowest BCUT2D eigenvalue weighted by Crippen LogP contribution is -2.25. The highest BCUT2D eigenvalue weighted by atomic mass is 32.2. The molecule has 4 heterocycles. The Labute approximate surface area is 180 Å². The summed E-state index contributed by atoms with van der Waals surface area (Å²) in [6.45, 7) is 2.07. The molecule has 4 aromatic rings. The second kappa shape index (κ2) is 7.91. The van der Waals surface area contributed by atoms with Crippen molar-refractivity contribution in [3.8, 4) is 11.5 Å². The Morgan fingerprint density at radius 1 is 1.29 bits per heavy atom. The first-order valence-corrected chi connectivity index (χ1v) is 10.7. The summed E-state index contributed by atoms with van der Waals surface area (Å²) < 4.78 is 21.7. The van der Waals surface area contributed by atoms with Crippen LogP contribution < -0.4 is 5.32 Å². The molecule has 1 aliphatic rings. The lowest BCUT2D eigenvalue weighted by molar-refractivity contribution is 0.0404. The van der Waals surface area contributed by atoms with Crippen molar-refractivity contribution in [2.45, 2.75) is 30.9 Å². The van der Waals surface area contributed by atoms with Crippen molar-refractivity contribution in [3.05, 3.63) is 59.8 Å². The Hall–Kier alpha value is -3.02. The number of nitrogens with one attached hydrogen (secondary N) is 1. The Kier molecular flexibility index (Phi) is 5.08. The first-order valence-electron chi connectivity index (χ1n) is 9.63. The normalized spacial score (nSPS) is 21.1. The smallest absolute Gasteiger partial charge is 0.229 e. The van der Waals surface area contributed by atoms with Gasteiger partial charge < -0.3 is 19.9 Å². The third kappa shape index (κ3) is 3.64. The predicted molar refractivity (Wildman–Crippen MR) is 112 cm³/mol. The molecule has 9 nitrogen and oxygen atoms in total. The lowest BCUT2D eigenvalue weighted by Gasteiger charge is -2.14. The SMILES string of the molecule is Cc1cnc(-c2ccc(CNc3nccn4c([C@@H]5SC[C@@H](O)[C@H]5O)nnc34)cc2F)o1. The van der Waals surface area contributed by atoms with Crippen LogP contribution in [0.25, 0.3) is 17.1 Å². The van der Waals surface area contributed by atoms with Gasteiger partial charge in [0.2, 0.25) is 11.5 Å². The van der Waals surface area contributed by atoms with E-state index in [9.17, 15) is 14.6 Å². The first-order chi connectivity index (χ1) is 15.0.